The molecule has 0 radical (unpaired) electrons. The Morgan fingerprint density at radius 2 is 1.46 bits per heavy atom. The fourth-order valence-corrected chi connectivity index (χ4v) is 3.14. The van der Waals surface area contributed by atoms with Gasteiger partial charge in [0.15, 0.2) is 0 Å². The van der Waals surface area contributed by atoms with Gasteiger partial charge in [0.2, 0.25) is 0 Å². The zero-order chi connectivity index (χ0) is 18.1. The summed E-state index contributed by atoms with van der Waals surface area (Å²) in [6, 6.07) is 9.40. The zero-order valence-corrected chi connectivity index (χ0v) is 14.5. The second kappa shape index (κ2) is 6.98. The van der Waals surface area contributed by atoms with Gasteiger partial charge in [-0.1, -0.05) is 38.1 Å². The summed E-state index contributed by atoms with van der Waals surface area (Å²) >= 11 is 0. The van der Waals surface area contributed by atoms with Gasteiger partial charge in [0.05, 0.1) is 5.56 Å². The smallest absolute Gasteiger partial charge is 0.324 e. The summed E-state index contributed by atoms with van der Waals surface area (Å²) in [5, 5.41) is 0. The minimum Gasteiger partial charge on any atom is -0.324 e. The molecule has 2 aromatic rings. The van der Waals surface area contributed by atoms with Crippen molar-refractivity contribution in [1.82, 2.24) is 0 Å². The Morgan fingerprint density at radius 1 is 0.958 bits per heavy atom. The summed E-state index contributed by atoms with van der Waals surface area (Å²) in [5.41, 5.74) is 10.5. The highest BCUT2D eigenvalue weighted by Gasteiger charge is 2.30. The van der Waals surface area contributed by atoms with E-state index < -0.39 is 11.7 Å². The molecule has 2 aromatic carbocycles. The highest BCUT2D eigenvalue weighted by Crippen LogP contribution is 2.34. The van der Waals surface area contributed by atoms with Gasteiger partial charge in [-0.25, -0.2) is 0 Å². The van der Waals surface area contributed by atoms with E-state index >= 15 is 0 Å². The molecule has 0 fully saturated rings. The molecule has 1 atom stereocenters. The summed E-state index contributed by atoms with van der Waals surface area (Å²) in [5.74, 6) is 0.509. The van der Waals surface area contributed by atoms with Crippen LogP contribution < -0.4 is 5.73 Å². The van der Waals surface area contributed by atoms with Crippen LogP contribution in [0.4, 0.5) is 13.2 Å². The van der Waals surface area contributed by atoms with Crippen molar-refractivity contribution < 1.29 is 13.2 Å². The van der Waals surface area contributed by atoms with Gasteiger partial charge in [0.1, 0.15) is 0 Å². The van der Waals surface area contributed by atoms with Crippen molar-refractivity contribution in [3.63, 3.8) is 0 Å². The Kier molecular flexibility index (Phi) is 5.38. The van der Waals surface area contributed by atoms with Gasteiger partial charge in [-0.2, -0.15) is 13.2 Å². The summed E-state index contributed by atoms with van der Waals surface area (Å²) in [7, 11) is 0. The Hall–Kier alpha value is -1.81. The molecule has 130 valence electrons. The van der Waals surface area contributed by atoms with Crippen molar-refractivity contribution in [3.05, 3.63) is 58.7 Å². The molecule has 0 unspecified atom stereocenters. The van der Waals surface area contributed by atoms with Crippen molar-refractivity contribution in [2.75, 3.05) is 0 Å². The van der Waals surface area contributed by atoms with Gasteiger partial charge < -0.3 is 5.73 Å². The van der Waals surface area contributed by atoms with Crippen LogP contribution in [0, 0.1) is 19.8 Å². The van der Waals surface area contributed by atoms with Crippen LogP contribution in [-0.4, -0.2) is 0 Å². The van der Waals surface area contributed by atoms with Gasteiger partial charge in [0, 0.05) is 6.04 Å². The average molecular weight is 335 g/mol. The van der Waals surface area contributed by atoms with Crippen LogP contribution >= 0.6 is 0 Å². The molecule has 1 nitrogen and oxygen atoms in total. The predicted molar refractivity (Wildman–Crippen MR) is 92.7 cm³/mol. The van der Waals surface area contributed by atoms with E-state index in [4.69, 9.17) is 5.73 Å². The number of halogens is 3. The molecular formula is C20H24F3N. The summed E-state index contributed by atoms with van der Waals surface area (Å²) in [6.07, 6.45) is -3.41. The first-order chi connectivity index (χ1) is 11.1. The first kappa shape index (κ1) is 18.5. The predicted octanol–water partition coefficient (Wildman–Crippen LogP) is 6.04. The highest BCUT2D eigenvalue weighted by molar-refractivity contribution is 5.71. The largest absolute Gasteiger partial charge is 0.416 e. The Bertz CT molecular complexity index is 677. The zero-order valence-electron chi connectivity index (χ0n) is 14.5. The third-order valence-electron chi connectivity index (χ3n) is 4.21. The first-order valence-corrected chi connectivity index (χ1v) is 8.14. The minimum absolute atomic E-state index is 0.0240. The second-order valence-corrected chi connectivity index (χ2v) is 6.84. The van der Waals surface area contributed by atoms with E-state index in [0.29, 0.717) is 5.92 Å². The molecule has 0 amide bonds. The minimum atomic E-state index is -4.31. The third kappa shape index (κ3) is 4.18. The lowest BCUT2D eigenvalue weighted by atomic mass is 9.89. The topological polar surface area (TPSA) is 26.0 Å². The van der Waals surface area contributed by atoms with Gasteiger partial charge >= 0.3 is 6.18 Å². The number of aryl methyl sites for hydroxylation is 2. The lowest BCUT2D eigenvalue weighted by molar-refractivity contribution is -0.137. The van der Waals surface area contributed by atoms with E-state index in [1.54, 1.807) is 0 Å². The molecule has 0 aromatic heterocycles. The summed E-state index contributed by atoms with van der Waals surface area (Å²) < 4.78 is 38.1. The Balaban J connectivity index is 2.38. The summed E-state index contributed by atoms with van der Waals surface area (Å²) in [6.45, 7) is 8.23. The van der Waals surface area contributed by atoms with Gasteiger partial charge in [-0.15, -0.1) is 0 Å². The molecule has 0 saturated carbocycles. The molecule has 0 aliphatic rings. The molecule has 0 spiro atoms. The fourth-order valence-electron chi connectivity index (χ4n) is 3.14. The lowest BCUT2D eigenvalue weighted by Gasteiger charge is -2.19. The molecule has 0 heterocycles. The maximum absolute atomic E-state index is 12.7. The van der Waals surface area contributed by atoms with E-state index in [-0.39, 0.29) is 6.04 Å². The first-order valence-electron chi connectivity index (χ1n) is 8.14. The van der Waals surface area contributed by atoms with Crippen molar-refractivity contribution >= 4 is 0 Å². The standard InChI is InChI=1S/C20H24F3N/c1-12(2)9-18(24)16-10-13(3)19(14(4)11-16)15-5-7-17(8-6-15)20(21,22)23/h5-8,10-12,18H,9,24H2,1-4H3/t18-/m0/s1. The van der Waals surface area contributed by atoms with Crippen LogP contribution in [-0.2, 0) is 6.18 Å². The Morgan fingerprint density at radius 3 is 1.88 bits per heavy atom. The number of hydrogen-bond donors (Lipinski definition) is 1. The molecule has 2 N–H and O–H groups in total. The van der Waals surface area contributed by atoms with Crippen LogP contribution in [0.3, 0.4) is 0 Å². The number of benzene rings is 2. The molecule has 0 saturated heterocycles. The van der Waals surface area contributed by atoms with Crippen LogP contribution in [0.15, 0.2) is 36.4 Å². The SMILES string of the molecule is Cc1cc([C@@H](N)CC(C)C)cc(C)c1-c1ccc(C(F)(F)F)cc1. The molecule has 2 rings (SSSR count). The number of rotatable bonds is 4. The normalized spacial score (nSPS) is 13.4. The fraction of sp³-hybridized carbons (Fsp3) is 0.400. The lowest BCUT2D eigenvalue weighted by Crippen LogP contribution is -2.13. The molecular weight excluding hydrogens is 311 g/mol. The van der Waals surface area contributed by atoms with E-state index in [9.17, 15) is 13.2 Å². The van der Waals surface area contributed by atoms with Gasteiger partial charge in [-0.05, 0) is 66.1 Å². The molecule has 0 aliphatic carbocycles. The van der Waals surface area contributed by atoms with Crippen molar-refractivity contribution in [2.45, 2.75) is 46.3 Å². The van der Waals surface area contributed by atoms with Crippen LogP contribution in [0.5, 0.6) is 0 Å². The average Bonchev–Trinajstić information content (AvgIpc) is 2.45. The van der Waals surface area contributed by atoms with Crippen LogP contribution in [0.2, 0.25) is 0 Å². The monoisotopic (exact) mass is 335 g/mol. The van der Waals surface area contributed by atoms with Crippen LogP contribution in [0.1, 0.15) is 48.6 Å². The number of alkyl halides is 3. The Labute approximate surface area is 141 Å². The maximum Gasteiger partial charge on any atom is 0.416 e. The number of hydrogen-bond acceptors (Lipinski definition) is 1. The highest BCUT2D eigenvalue weighted by atomic mass is 19.4. The van der Waals surface area contributed by atoms with Crippen molar-refractivity contribution in [3.8, 4) is 11.1 Å². The van der Waals surface area contributed by atoms with Gasteiger partial charge in [-0.3, -0.25) is 0 Å². The van der Waals surface area contributed by atoms with Crippen molar-refractivity contribution in [1.29, 1.82) is 0 Å². The van der Waals surface area contributed by atoms with Crippen LogP contribution in [0.25, 0.3) is 11.1 Å². The van der Waals surface area contributed by atoms with E-state index in [1.807, 2.05) is 26.0 Å². The molecule has 0 bridgehead atoms. The third-order valence-corrected chi connectivity index (χ3v) is 4.21. The quantitative estimate of drug-likeness (QED) is 0.725. The van der Waals surface area contributed by atoms with E-state index in [1.165, 1.54) is 12.1 Å². The van der Waals surface area contributed by atoms with Gasteiger partial charge in [0.25, 0.3) is 0 Å². The second-order valence-electron chi connectivity index (χ2n) is 6.84. The maximum atomic E-state index is 12.7. The van der Waals surface area contributed by atoms with E-state index in [2.05, 4.69) is 13.8 Å². The summed E-state index contributed by atoms with van der Waals surface area (Å²) in [4.78, 5) is 0. The van der Waals surface area contributed by atoms with E-state index in [0.717, 1.165) is 46.4 Å². The number of nitrogens with two attached hydrogens (primary N) is 1. The molecule has 0 aliphatic heterocycles. The van der Waals surface area contributed by atoms with Crippen molar-refractivity contribution in [2.24, 2.45) is 11.7 Å². The molecule has 4 heteroatoms. The molecule has 24 heavy (non-hydrogen) atoms.